The van der Waals surface area contributed by atoms with Crippen molar-refractivity contribution in [2.75, 3.05) is 39.8 Å². The van der Waals surface area contributed by atoms with Crippen LogP contribution in [0.1, 0.15) is 19.8 Å². The van der Waals surface area contributed by atoms with Gasteiger partial charge < -0.3 is 14.5 Å². The van der Waals surface area contributed by atoms with Gasteiger partial charge in [0.1, 0.15) is 0 Å². The smallest absolute Gasteiger partial charge is 0.409 e. The van der Waals surface area contributed by atoms with Crippen LogP contribution in [-0.2, 0) is 4.74 Å². The maximum atomic E-state index is 11.5. The molecule has 1 aliphatic rings. The van der Waals surface area contributed by atoms with Crippen LogP contribution in [0.3, 0.4) is 0 Å². The minimum Gasteiger partial charge on any atom is -0.449 e. The molecule has 0 saturated carbocycles. The van der Waals surface area contributed by atoms with Crippen molar-refractivity contribution in [3.8, 4) is 0 Å². The summed E-state index contributed by atoms with van der Waals surface area (Å²) >= 11 is 0. The van der Waals surface area contributed by atoms with Crippen LogP contribution in [0, 0.1) is 0 Å². The van der Waals surface area contributed by atoms with Crippen molar-refractivity contribution in [1.29, 1.82) is 0 Å². The number of hydrogen-bond acceptors (Lipinski definition) is 3. The number of unbranched alkanes of at least 4 members (excludes halogenated alkanes) is 1. The van der Waals surface area contributed by atoms with Crippen molar-refractivity contribution in [3.05, 3.63) is 0 Å². The van der Waals surface area contributed by atoms with E-state index in [1.165, 1.54) is 0 Å². The van der Waals surface area contributed by atoms with Crippen LogP contribution in [0.2, 0.25) is 0 Å². The van der Waals surface area contributed by atoms with E-state index in [0.29, 0.717) is 6.61 Å². The molecular weight excluding hydrogens is 180 g/mol. The Morgan fingerprint density at radius 2 is 1.93 bits per heavy atom. The number of rotatable bonds is 3. The molecule has 0 unspecified atom stereocenters. The number of ether oxygens (including phenoxy) is 1. The summed E-state index contributed by atoms with van der Waals surface area (Å²) in [6, 6.07) is 0. The zero-order valence-corrected chi connectivity index (χ0v) is 9.16. The van der Waals surface area contributed by atoms with Crippen LogP contribution in [0.15, 0.2) is 0 Å². The Hall–Kier alpha value is -0.770. The van der Waals surface area contributed by atoms with E-state index < -0.39 is 0 Å². The maximum Gasteiger partial charge on any atom is 0.409 e. The number of nitrogens with zero attached hydrogens (tertiary/aromatic N) is 2. The number of piperazine rings is 1. The molecule has 1 rings (SSSR count). The quantitative estimate of drug-likeness (QED) is 0.641. The summed E-state index contributed by atoms with van der Waals surface area (Å²) in [5, 5.41) is 0. The second-order valence-corrected chi connectivity index (χ2v) is 3.76. The normalized spacial score (nSPS) is 18.3. The Kier molecular flexibility index (Phi) is 4.73. The lowest BCUT2D eigenvalue weighted by Crippen LogP contribution is -2.47. The van der Waals surface area contributed by atoms with Gasteiger partial charge in [-0.25, -0.2) is 4.79 Å². The Morgan fingerprint density at radius 3 is 2.50 bits per heavy atom. The molecule has 1 fully saturated rings. The summed E-state index contributed by atoms with van der Waals surface area (Å²) in [6.07, 6.45) is 1.88. The van der Waals surface area contributed by atoms with E-state index in [1.54, 1.807) is 4.90 Å². The van der Waals surface area contributed by atoms with Gasteiger partial charge in [0, 0.05) is 26.2 Å². The molecule has 1 aliphatic heterocycles. The predicted octanol–water partition coefficient (Wildman–Crippen LogP) is 1.17. The highest BCUT2D eigenvalue weighted by atomic mass is 16.6. The molecule has 14 heavy (non-hydrogen) atoms. The Balaban J connectivity index is 2.17. The number of carbonyl (C=O) groups excluding carboxylic acids is 1. The number of carbonyl (C=O) groups is 1. The predicted molar refractivity (Wildman–Crippen MR) is 55.3 cm³/mol. The molecule has 0 N–H and O–H groups in total. The van der Waals surface area contributed by atoms with Crippen LogP contribution in [-0.4, -0.2) is 55.7 Å². The van der Waals surface area contributed by atoms with Gasteiger partial charge in [0.15, 0.2) is 0 Å². The molecule has 0 aromatic carbocycles. The molecular formula is C10H20N2O2. The topological polar surface area (TPSA) is 32.8 Å². The van der Waals surface area contributed by atoms with Gasteiger partial charge >= 0.3 is 6.09 Å². The van der Waals surface area contributed by atoms with Gasteiger partial charge in [-0.1, -0.05) is 13.3 Å². The first-order valence-electron chi connectivity index (χ1n) is 5.34. The molecule has 4 nitrogen and oxygen atoms in total. The van der Waals surface area contributed by atoms with Crippen LogP contribution >= 0.6 is 0 Å². The van der Waals surface area contributed by atoms with E-state index in [1.807, 2.05) is 0 Å². The summed E-state index contributed by atoms with van der Waals surface area (Å²) in [4.78, 5) is 15.5. The summed E-state index contributed by atoms with van der Waals surface area (Å²) in [6.45, 7) is 6.13. The summed E-state index contributed by atoms with van der Waals surface area (Å²) in [5.74, 6) is 0. The van der Waals surface area contributed by atoms with E-state index >= 15 is 0 Å². The first-order valence-corrected chi connectivity index (χ1v) is 5.34. The summed E-state index contributed by atoms with van der Waals surface area (Å²) in [5.41, 5.74) is 0. The highest BCUT2D eigenvalue weighted by molar-refractivity contribution is 5.67. The van der Waals surface area contributed by atoms with Crippen molar-refractivity contribution in [2.45, 2.75) is 19.8 Å². The van der Waals surface area contributed by atoms with E-state index in [0.717, 1.165) is 39.0 Å². The number of amides is 1. The molecule has 0 aromatic heterocycles. The Morgan fingerprint density at radius 1 is 1.29 bits per heavy atom. The zero-order valence-electron chi connectivity index (χ0n) is 9.16. The van der Waals surface area contributed by atoms with Crippen molar-refractivity contribution >= 4 is 6.09 Å². The Bertz CT molecular complexity index is 177. The average Bonchev–Trinajstić information content (AvgIpc) is 2.19. The van der Waals surface area contributed by atoms with Crippen LogP contribution in [0.5, 0.6) is 0 Å². The second-order valence-electron chi connectivity index (χ2n) is 3.76. The van der Waals surface area contributed by atoms with Gasteiger partial charge in [0.05, 0.1) is 6.61 Å². The Labute approximate surface area is 85.8 Å². The SMILES string of the molecule is CCCCOC(=O)N1CCN(C)CC1. The second kappa shape index (κ2) is 5.86. The van der Waals surface area contributed by atoms with Crippen molar-refractivity contribution in [2.24, 2.45) is 0 Å². The molecule has 1 saturated heterocycles. The lowest BCUT2D eigenvalue weighted by molar-refractivity contribution is 0.0810. The van der Waals surface area contributed by atoms with E-state index in [9.17, 15) is 4.79 Å². The minimum absolute atomic E-state index is 0.147. The molecule has 0 atom stereocenters. The third-order valence-corrected chi connectivity index (χ3v) is 2.48. The fourth-order valence-corrected chi connectivity index (χ4v) is 1.38. The minimum atomic E-state index is -0.147. The summed E-state index contributed by atoms with van der Waals surface area (Å²) < 4.78 is 5.13. The van der Waals surface area contributed by atoms with E-state index in [2.05, 4.69) is 18.9 Å². The standard InChI is InChI=1S/C10H20N2O2/c1-3-4-9-14-10(13)12-7-5-11(2)6-8-12/h3-9H2,1-2H3. The largest absolute Gasteiger partial charge is 0.449 e. The highest BCUT2D eigenvalue weighted by Crippen LogP contribution is 2.02. The van der Waals surface area contributed by atoms with Gasteiger partial charge in [0.2, 0.25) is 0 Å². The number of likely N-dealkylation sites (N-methyl/N-ethyl adjacent to an activating group) is 1. The van der Waals surface area contributed by atoms with E-state index in [-0.39, 0.29) is 6.09 Å². The van der Waals surface area contributed by atoms with Gasteiger partial charge in [-0.05, 0) is 13.5 Å². The van der Waals surface area contributed by atoms with Crippen molar-refractivity contribution in [3.63, 3.8) is 0 Å². The first-order chi connectivity index (χ1) is 6.74. The lowest BCUT2D eigenvalue weighted by Gasteiger charge is -2.31. The molecule has 0 aliphatic carbocycles. The molecule has 0 bridgehead atoms. The lowest BCUT2D eigenvalue weighted by atomic mass is 10.3. The molecule has 0 spiro atoms. The third-order valence-electron chi connectivity index (χ3n) is 2.48. The van der Waals surface area contributed by atoms with Crippen LogP contribution in [0.4, 0.5) is 4.79 Å². The molecule has 4 heteroatoms. The van der Waals surface area contributed by atoms with Crippen molar-refractivity contribution in [1.82, 2.24) is 9.80 Å². The van der Waals surface area contributed by atoms with Crippen LogP contribution < -0.4 is 0 Å². The molecule has 0 radical (unpaired) electrons. The molecule has 1 amide bonds. The van der Waals surface area contributed by atoms with E-state index in [4.69, 9.17) is 4.74 Å². The van der Waals surface area contributed by atoms with Crippen LogP contribution in [0.25, 0.3) is 0 Å². The van der Waals surface area contributed by atoms with Gasteiger partial charge in [-0.3, -0.25) is 0 Å². The fourth-order valence-electron chi connectivity index (χ4n) is 1.38. The van der Waals surface area contributed by atoms with Gasteiger partial charge in [-0.2, -0.15) is 0 Å². The molecule has 0 aromatic rings. The number of hydrogen-bond donors (Lipinski definition) is 0. The first kappa shape index (κ1) is 11.3. The monoisotopic (exact) mass is 200 g/mol. The summed E-state index contributed by atoms with van der Waals surface area (Å²) in [7, 11) is 2.07. The average molecular weight is 200 g/mol. The highest BCUT2D eigenvalue weighted by Gasteiger charge is 2.19. The van der Waals surface area contributed by atoms with Crippen molar-refractivity contribution < 1.29 is 9.53 Å². The third kappa shape index (κ3) is 3.54. The molecule has 82 valence electrons. The van der Waals surface area contributed by atoms with Gasteiger partial charge in [0.25, 0.3) is 0 Å². The molecule has 1 heterocycles. The zero-order chi connectivity index (χ0) is 10.4. The maximum absolute atomic E-state index is 11.5. The van der Waals surface area contributed by atoms with Gasteiger partial charge in [-0.15, -0.1) is 0 Å². The fraction of sp³-hybridized carbons (Fsp3) is 0.900.